The number of carbonyl (C=O) groups excluding carboxylic acids is 1. The average Bonchev–Trinajstić information content (AvgIpc) is 2.46. The first-order valence-corrected chi connectivity index (χ1v) is 6.46. The van der Waals surface area contributed by atoms with E-state index in [-0.39, 0.29) is 5.56 Å². The third-order valence-corrected chi connectivity index (χ3v) is 3.24. The van der Waals surface area contributed by atoms with Gasteiger partial charge >= 0.3 is 5.69 Å². The minimum Gasteiger partial charge on any atom is -0.379 e. The lowest BCUT2D eigenvalue weighted by Crippen LogP contribution is -2.43. The summed E-state index contributed by atoms with van der Waals surface area (Å²) >= 11 is 0. The number of nitrogens with zero attached hydrogens (tertiary/aromatic N) is 2. The van der Waals surface area contributed by atoms with Crippen molar-refractivity contribution in [1.29, 1.82) is 0 Å². The zero-order chi connectivity index (χ0) is 14.5. The number of hydrogen-bond donors (Lipinski definition) is 2. The van der Waals surface area contributed by atoms with Crippen LogP contribution in [0.3, 0.4) is 0 Å². The molecule has 1 amide bonds. The number of morpholine rings is 1. The van der Waals surface area contributed by atoms with Crippen LogP contribution in [0, 0.1) is 0 Å². The fraction of sp³-hybridized carbons (Fsp3) is 0.583. The summed E-state index contributed by atoms with van der Waals surface area (Å²) in [7, 11) is 1.33. The summed E-state index contributed by atoms with van der Waals surface area (Å²) in [6.45, 7) is 4.25. The minimum atomic E-state index is -0.599. The highest BCUT2D eigenvalue weighted by Crippen LogP contribution is 1.95. The smallest absolute Gasteiger partial charge is 0.328 e. The number of H-pyrrole nitrogens is 1. The number of nitrogens with one attached hydrogen (secondary N) is 2. The van der Waals surface area contributed by atoms with Gasteiger partial charge in [-0.15, -0.1) is 0 Å². The van der Waals surface area contributed by atoms with Gasteiger partial charge in [0.05, 0.1) is 13.2 Å². The first kappa shape index (κ1) is 14.5. The molecule has 0 aliphatic carbocycles. The van der Waals surface area contributed by atoms with Crippen LogP contribution < -0.4 is 16.6 Å². The number of aromatic amines is 1. The lowest BCUT2D eigenvalue weighted by atomic mass is 10.3. The van der Waals surface area contributed by atoms with E-state index in [0.29, 0.717) is 26.3 Å². The van der Waals surface area contributed by atoms with Crippen LogP contribution in [0.15, 0.2) is 15.8 Å². The molecule has 0 atom stereocenters. The van der Waals surface area contributed by atoms with Crippen LogP contribution in [0.1, 0.15) is 10.4 Å². The van der Waals surface area contributed by atoms with Gasteiger partial charge in [-0.05, 0) is 0 Å². The van der Waals surface area contributed by atoms with Crippen LogP contribution in [-0.2, 0) is 11.8 Å². The summed E-state index contributed by atoms with van der Waals surface area (Å²) in [6, 6.07) is 0. The van der Waals surface area contributed by atoms with E-state index < -0.39 is 17.2 Å². The lowest BCUT2D eigenvalue weighted by Gasteiger charge is -2.26. The molecule has 0 bridgehead atoms. The third-order valence-electron chi connectivity index (χ3n) is 3.24. The molecule has 0 saturated carbocycles. The summed E-state index contributed by atoms with van der Waals surface area (Å²) in [5, 5.41) is 2.68. The van der Waals surface area contributed by atoms with Crippen LogP contribution in [0.4, 0.5) is 0 Å². The maximum atomic E-state index is 11.9. The normalized spacial score (nSPS) is 16.1. The number of amides is 1. The van der Waals surface area contributed by atoms with Crippen molar-refractivity contribution in [2.75, 3.05) is 39.4 Å². The highest BCUT2D eigenvalue weighted by molar-refractivity contribution is 5.93. The Morgan fingerprint density at radius 1 is 1.40 bits per heavy atom. The first-order chi connectivity index (χ1) is 9.59. The van der Waals surface area contributed by atoms with E-state index in [4.69, 9.17) is 4.74 Å². The van der Waals surface area contributed by atoms with Crippen LogP contribution in [0.25, 0.3) is 0 Å². The Balaban J connectivity index is 1.90. The van der Waals surface area contributed by atoms with Gasteiger partial charge in [-0.25, -0.2) is 4.79 Å². The van der Waals surface area contributed by atoms with E-state index in [9.17, 15) is 14.4 Å². The van der Waals surface area contributed by atoms with Crippen molar-refractivity contribution >= 4 is 5.91 Å². The second-order valence-electron chi connectivity index (χ2n) is 4.58. The summed E-state index contributed by atoms with van der Waals surface area (Å²) < 4.78 is 6.10. The van der Waals surface area contributed by atoms with Crippen LogP contribution in [0.2, 0.25) is 0 Å². The SMILES string of the molecule is Cn1c(=O)[nH]cc(C(=O)NCCN2CCOCC2)c1=O. The van der Waals surface area contributed by atoms with Crippen LogP contribution >= 0.6 is 0 Å². The minimum absolute atomic E-state index is 0.0610. The maximum absolute atomic E-state index is 11.9. The van der Waals surface area contributed by atoms with Gasteiger partial charge < -0.3 is 15.0 Å². The highest BCUT2D eigenvalue weighted by Gasteiger charge is 2.14. The largest absolute Gasteiger partial charge is 0.379 e. The molecule has 1 saturated heterocycles. The molecule has 0 aromatic carbocycles. The summed E-state index contributed by atoms with van der Waals surface area (Å²) in [4.78, 5) is 39.3. The van der Waals surface area contributed by atoms with Crippen molar-refractivity contribution in [3.8, 4) is 0 Å². The molecule has 20 heavy (non-hydrogen) atoms. The van der Waals surface area contributed by atoms with Crippen molar-refractivity contribution in [1.82, 2.24) is 19.8 Å². The topological polar surface area (TPSA) is 96.4 Å². The van der Waals surface area contributed by atoms with Crippen LogP contribution in [-0.4, -0.2) is 59.8 Å². The summed E-state index contributed by atoms with van der Waals surface area (Å²) in [5.74, 6) is -0.477. The van der Waals surface area contributed by atoms with Gasteiger partial charge in [0.15, 0.2) is 0 Å². The summed E-state index contributed by atoms with van der Waals surface area (Å²) in [6.07, 6.45) is 1.15. The van der Waals surface area contributed by atoms with Crippen molar-refractivity contribution in [3.63, 3.8) is 0 Å². The molecule has 0 unspecified atom stereocenters. The molecule has 0 spiro atoms. The Hall–Kier alpha value is -1.93. The van der Waals surface area contributed by atoms with E-state index in [1.807, 2.05) is 0 Å². The predicted octanol–water partition coefficient (Wildman–Crippen LogP) is -1.86. The number of carbonyl (C=O) groups is 1. The second-order valence-corrected chi connectivity index (χ2v) is 4.58. The first-order valence-electron chi connectivity index (χ1n) is 6.46. The Bertz CT molecular complexity index is 586. The van der Waals surface area contributed by atoms with Crippen molar-refractivity contribution < 1.29 is 9.53 Å². The quantitative estimate of drug-likeness (QED) is 0.675. The number of ether oxygens (including phenoxy) is 1. The van der Waals surface area contributed by atoms with Gasteiger partial charge in [0, 0.05) is 39.4 Å². The average molecular weight is 282 g/mol. The standard InChI is InChI=1S/C12H18N4O4/c1-15-11(18)9(8-14-12(15)19)10(17)13-2-3-16-4-6-20-7-5-16/h8H,2-7H2,1H3,(H,13,17)(H,14,19). The van der Waals surface area contributed by atoms with Crippen molar-refractivity contribution in [2.24, 2.45) is 7.05 Å². The van der Waals surface area contributed by atoms with E-state index >= 15 is 0 Å². The molecular formula is C12H18N4O4. The maximum Gasteiger partial charge on any atom is 0.328 e. The molecule has 1 fully saturated rings. The Morgan fingerprint density at radius 3 is 2.80 bits per heavy atom. The van der Waals surface area contributed by atoms with Gasteiger partial charge in [0.1, 0.15) is 5.56 Å². The lowest BCUT2D eigenvalue weighted by molar-refractivity contribution is 0.0383. The number of aromatic nitrogens is 2. The second kappa shape index (κ2) is 6.49. The Kier molecular flexibility index (Phi) is 4.70. The van der Waals surface area contributed by atoms with Gasteiger partial charge in [-0.2, -0.15) is 0 Å². The molecule has 2 N–H and O–H groups in total. The Labute approximate surface area is 115 Å². The monoisotopic (exact) mass is 282 g/mol. The third kappa shape index (κ3) is 3.34. The summed E-state index contributed by atoms with van der Waals surface area (Å²) in [5.41, 5.74) is -1.20. The molecule has 1 aliphatic rings. The van der Waals surface area contributed by atoms with Gasteiger partial charge in [0.2, 0.25) is 0 Å². The van der Waals surface area contributed by atoms with Gasteiger partial charge in [0.25, 0.3) is 11.5 Å². The van der Waals surface area contributed by atoms with E-state index in [2.05, 4.69) is 15.2 Å². The molecular weight excluding hydrogens is 264 g/mol. The van der Waals surface area contributed by atoms with Gasteiger partial charge in [-0.3, -0.25) is 19.1 Å². The predicted molar refractivity (Wildman–Crippen MR) is 71.9 cm³/mol. The van der Waals surface area contributed by atoms with Crippen LogP contribution in [0.5, 0.6) is 0 Å². The van der Waals surface area contributed by atoms with E-state index in [0.717, 1.165) is 23.9 Å². The molecule has 8 heteroatoms. The molecule has 2 rings (SSSR count). The zero-order valence-corrected chi connectivity index (χ0v) is 11.3. The molecule has 2 heterocycles. The fourth-order valence-corrected chi connectivity index (χ4v) is 1.98. The molecule has 110 valence electrons. The number of rotatable bonds is 4. The molecule has 1 aliphatic heterocycles. The van der Waals surface area contributed by atoms with E-state index in [1.54, 1.807) is 0 Å². The molecule has 1 aromatic rings. The Morgan fingerprint density at radius 2 is 2.10 bits per heavy atom. The fourth-order valence-electron chi connectivity index (χ4n) is 1.98. The molecule has 8 nitrogen and oxygen atoms in total. The van der Waals surface area contributed by atoms with Gasteiger partial charge in [-0.1, -0.05) is 0 Å². The van der Waals surface area contributed by atoms with Crippen molar-refractivity contribution in [2.45, 2.75) is 0 Å². The zero-order valence-electron chi connectivity index (χ0n) is 11.3. The van der Waals surface area contributed by atoms with E-state index in [1.165, 1.54) is 7.05 Å². The molecule has 0 radical (unpaired) electrons. The molecule has 1 aromatic heterocycles. The number of hydrogen-bond acceptors (Lipinski definition) is 5. The van der Waals surface area contributed by atoms with Crippen molar-refractivity contribution in [3.05, 3.63) is 32.6 Å². The highest BCUT2D eigenvalue weighted by atomic mass is 16.5.